The molecule has 1 aliphatic rings. The van der Waals surface area contributed by atoms with Crippen LogP contribution in [0.25, 0.3) is 0 Å². The summed E-state index contributed by atoms with van der Waals surface area (Å²) < 4.78 is 18.9. The lowest BCUT2D eigenvalue weighted by Crippen LogP contribution is -2.24. The number of benzene rings is 1. The topological polar surface area (TPSA) is 38.5 Å². The average Bonchev–Trinajstić information content (AvgIpc) is 3.19. The molecule has 0 aromatic heterocycles. The monoisotopic (exact) mass is 266 g/mol. The second-order valence-electron chi connectivity index (χ2n) is 5.25. The van der Waals surface area contributed by atoms with E-state index in [9.17, 15) is 4.39 Å². The number of ether oxygens (including phenoxy) is 1. The zero-order chi connectivity index (χ0) is 13.7. The van der Waals surface area contributed by atoms with Gasteiger partial charge in [0.15, 0.2) is 0 Å². The van der Waals surface area contributed by atoms with Crippen molar-refractivity contribution in [3.63, 3.8) is 0 Å². The molecule has 1 aliphatic carbocycles. The predicted octanol–water partition coefficient (Wildman–Crippen LogP) is 2.19. The minimum Gasteiger partial charge on any atom is -0.379 e. The number of hydrogen-bond donors (Lipinski definition) is 1. The SMILES string of the molecule is CN(CCOCC1CC1)c1ccc(F)cc1CCN. The maximum atomic E-state index is 13.3. The van der Waals surface area contributed by atoms with Crippen molar-refractivity contribution in [2.75, 3.05) is 38.3 Å². The lowest BCUT2D eigenvalue weighted by atomic mass is 10.1. The molecule has 3 nitrogen and oxygen atoms in total. The van der Waals surface area contributed by atoms with Gasteiger partial charge in [0.2, 0.25) is 0 Å². The quantitative estimate of drug-likeness (QED) is 0.733. The number of nitrogens with two attached hydrogens (primary N) is 1. The molecule has 0 spiro atoms. The van der Waals surface area contributed by atoms with E-state index in [1.54, 1.807) is 6.07 Å². The van der Waals surface area contributed by atoms with Crippen molar-refractivity contribution >= 4 is 5.69 Å². The van der Waals surface area contributed by atoms with Crippen molar-refractivity contribution in [1.82, 2.24) is 0 Å². The highest BCUT2D eigenvalue weighted by molar-refractivity contribution is 5.53. The summed E-state index contributed by atoms with van der Waals surface area (Å²) in [6.45, 7) is 2.94. The van der Waals surface area contributed by atoms with E-state index < -0.39 is 0 Å². The van der Waals surface area contributed by atoms with Crippen LogP contribution in [-0.2, 0) is 11.2 Å². The number of rotatable bonds is 8. The normalized spacial score (nSPS) is 14.7. The first kappa shape index (κ1) is 14.3. The van der Waals surface area contributed by atoms with Gasteiger partial charge in [0.05, 0.1) is 6.61 Å². The maximum absolute atomic E-state index is 13.3. The maximum Gasteiger partial charge on any atom is 0.123 e. The zero-order valence-corrected chi connectivity index (χ0v) is 11.6. The first-order valence-corrected chi connectivity index (χ1v) is 6.98. The van der Waals surface area contributed by atoms with Crippen molar-refractivity contribution in [2.24, 2.45) is 11.7 Å². The van der Waals surface area contributed by atoms with Gasteiger partial charge >= 0.3 is 0 Å². The Bertz CT molecular complexity index is 407. The van der Waals surface area contributed by atoms with Crippen molar-refractivity contribution < 1.29 is 9.13 Å². The molecular formula is C15H23FN2O. The van der Waals surface area contributed by atoms with Crippen LogP contribution in [-0.4, -0.2) is 33.4 Å². The van der Waals surface area contributed by atoms with E-state index in [1.807, 2.05) is 13.1 Å². The molecule has 1 aromatic carbocycles. The zero-order valence-electron chi connectivity index (χ0n) is 11.6. The molecule has 4 heteroatoms. The van der Waals surface area contributed by atoms with E-state index in [1.165, 1.54) is 18.9 Å². The van der Waals surface area contributed by atoms with Crippen molar-refractivity contribution in [1.29, 1.82) is 0 Å². The summed E-state index contributed by atoms with van der Waals surface area (Å²) in [5.41, 5.74) is 7.58. The number of hydrogen-bond acceptors (Lipinski definition) is 3. The Labute approximate surface area is 114 Å². The van der Waals surface area contributed by atoms with E-state index in [0.717, 1.165) is 30.3 Å². The fraction of sp³-hybridized carbons (Fsp3) is 0.600. The summed E-state index contributed by atoms with van der Waals surface area (Å²) in [7, 11) is 2.01. The molecule has 0 radical (unpaired) electrons. The standard InChI is InChI=1S/C15H23FN2O/c1-18(8-9-19-11-12-2-3-12)15-5-4-14(16)10-13(15)6-7-17/h4-5,10,12H,2-3,6-9,11,17H2,1H3. The summed E-state index contributed by atoms with van der Waals surface area (Å²) in [6.07, 6.45) is 3.32. The number of likely N-dealkylation sites (N-methyl/N-ethyl adjacent to an activating group) is 1. The number of nitrogens with zero attached hydrogens (tertiary/aromatic N) is 1. The van der Waals surface area contributed by atoms with Gasteiger partial charge in [-0.05, 0) is 55.5 Å². The van der Waals surface area contributed by atoms with Gasteiger partial charge in [-0.25, -0.2) is 4.39 Å². The molecule has 0 heterocycles. The molecule has 1 fully saturated rings. The molecule has 106 valence electrons. The summed E-state index contributed by atoms with van der Waals surface area (Å²) >= 11 is 0. The Morgan fingerprint density at radius 3 is 2.89 bits per heavy atom. The van der Waals surface area contributed by atoms with Crippen LogP contribution < -0.4 is 10.6 Å². The molecular weight excluding hydrogens is 243 g/mol. The Morgan fingerprint density at radius 1 is 1.42 bits per heavy atom. The Balaban J connectivity index is 1.86. The van der Waals surface area contributed by atoms with Crippen LogP contribution in [0.1, 0.15) is 18.4 Å². The molecule has 2 rings (SSSR count). The van der Waals surface area contributed by atoms with Crippen LogP contribution in [0.4, 0.5) is 10.1 Å². The minimum atomic E-state index is -0.203. The molecule has 0 bridgehead atoms. The fourth-order valence-corrected chi connectivity index (χ4v) is 2.14. The molecule has 0 saturated heterocycles. The summed E-state index contributed by atoms with van der Waals surface area (Å²) in [5.74, 6) is 0.592. The van der Waals surface area contributed by atoms with E-state index in [4.69, 9.17) is 10.5 Å². The Morgan fingerprint density at radius 2 is 2.21 bits per heavy atom. The van der Waals surface area contributed by atoms with E-state index in [0.29, 0.717) is 19.6 Å². The van der Waals surface area contributed by atoms with Crippen LogP contribution in [0.15, 0.2) is 18.2 Å². The van der Waals surface area contributed by atoms with Gasteiger partial charge in [0.25, 0.3) is 0 Å². The fourth-order valence-electron chi connectivity index (χ4n) is 2.14. The molecule has 0 aliphatic heterocycles. The van der Waals surface area contributed by atoms with Crippen molar-refractivity contribution in [2.45, 2.75) is 19.3 Å². The lowest BCUT2D eigenvalue weighted by molar-refractivity contribution is 0.131. The van der Waals surface area contributed by atoms with Crippen LogP contribution in [0.2, 0.25) is 0 Å². The third-order valence-corrected chi connectivity index (χ3v) is 3.49. The number of anilines is 1. The third kappa shape index (κ3) is 4.48. The summed E-state index contributed by atoms with van der Waals surface area (Å²) in [4.78, 5) is 2.11. The highest BCUT2D eigenvalue weighted by Gasteiger charge is 2.21. The molecule has 0 atom stereocenters. The first-order valence-electron chi connectivity index (χ1n) is 6.98. The highest BCUT2D eigenvalue weighted by atomic mass is 19.1. The highest BCUT2D eigenvalue weighted by Crippen LogP contribution is 2.28. The number of halogens is 1. The van der Waals surface area contributed by atoms with Gasteiger partial charge in [-0.3, -0.25) is 0 Å². The van der Waals surface area contributed by atoms with E-state index in [-0.39, 0.29) is 5.82 Å². The van der Waals surface area contributed by atoms with Gasteiger partial charge in [-0.2, -0.15) is 0 Å². The van der Waals surface area contributed by atoms with Crippen LogP contribution in [0.5, 0.6) is 0 Å². The van der Waals surface area contributed by atoms with Crippen molar-refractivity contribution in [3.8, 4) is 0 Å². The minimum absolute atomic E-state index is 0.203. The molecule has 0 amide bonds. The van der Waals surface area contributed by atoms with Crippen LogP contribution >= 0.6 is 0 Å². The van der Waals surface area contributed by atoms with Crippen LogP contribution in [0.3, 0.4) is 0 Å². The van der Waals surface area contributed by atoms with Crippen molar-refractivity contribution in [3.05, 3.63) is 29.6 Å². The van der Waals surface area contributed by atoms with Gasteiger partial charge in [-0.15, -0.1) is 0 Å². The second kappa shape index (κ2) is 6.87. The van der Waals surface area contributed by atoms with Gasteiger partial charge < -0.3 is 15.4 Å². The summed E-state index contributed by atoms with van der Waals surface area (Å²) in [5, 5.41) is 0. The van der Waals surface area contributed by atoms with Gasteiger partial charge in [0, 0.05) is 25.9 Å². The lowest BCUT2D eigenvalue weighted by Gasteiger charge is -2.22. The second-order valence-corrected chi connectivity index (χ2v) is 5.25. The predicted molar refractivity (Wildman–Crippen MR) is 76.0 cm³/mol. The van der Waals surface area contributed by atoms with Gasteiger partial charge in [-0.1, -0.05) is 0 Å². The largest absolute Gasteiger partial charge is 0.379 e. The van der Waals surface area contributed by atoms with Gasteiger partial charge in [0.1, 0.15) is 5.82 Å². The molecule has 19 heavy (non-hydrogen) atoms. The van der Waals surface area contributed by atoms with Crippen LogP contribution in [0, 0.1) is 11.7 Å². The first-order chi connectivity index (χ1) is 9.20. The average molecular weight is 266 g/mol. The molecule has 1 saturated carbocycles. The molecule has 1 aromatic rings. The Kier molecular flexibility index (Phi) is 5.16. The third-order valence-electron chi connectivity index (χ3n) is 3.49. The Hall–Kier alpha value is -1.13. The molecule has 0 unspecified atom stereocenters. The molecule has 2 N–H and O–H groups in total. The summed E-state index contributed by atoms with van der Waals surface area (Å²) in [6, 6.07) is 4.89. The smallest absolute Gasteiger partial charge is 0.123 e. The van der Waals surface area contributed by atoms with E-state index >= 15 is 0 Å². The van der Waals surface area contributed by atoms with E-state index in [2.05, 4.69) is 4.90 Å².